The molecule has 7 heteroatoms. The number of benzene rings is 2. The summed E-state index contributed by atoms with van der Waals surface area (Å²) in [6.45, 7) is 2.71. The lowest BCUT2D eigenvalue weighted by Gasteiger charge is -2.17. The first-order valence-electron chi connectivity index (χ1n) is 11.6. The zero-order chi connectivity index (χ0) is 24.1. The number of anilines is 1. The lowest BCUT2D eigenvalue weighted by molar-refractivity contribution is 0.0959. The first-order valence-corrected chi connectivity index (χ1v) is 11.6. The fourth-order valence-electron chi connectivity index (χ4n) is 3.91. The van der Waals surface area contributed by atoms with E-state index < -0.39 is 0 Å². The van der Waals surface area contributed by atoms with Gasteiger partial charge in [0.1, 0.15) is 17.9 Å². The average molecular weight is 459 g/mol. The summed E-state index contributed by atoms with van der Waals surface area (Å²) in [6, 6.07) is 15.0. The Bertz CT molecular complexity index is 1170. The summed E-state index contributed by atoms with van der Waals surface area (Å²) in [4.78, 5) is 33.0. The van der Waals surface area contributed by atoms with Crippen molar-refractivity contribution in [2.75, 3.05) is 26.0 Å². The normalized spacial score (nSPS) is 13.7. The summed E-state index contributed by atoms with van der Waals surface area (Å²) >= 11 is 0. The highest BCUT2D eigenvalue weighted by Crippen LogP contribution is 2.33. The maximum atomic E-state index is 12.3. The second kappa shape index (κ2) is 10.5. The van der Waals surface area contributed by atoms with E-state index in [-0.39, 0.29) is 17.6 Å². The quantitative estimate of drug-likeness (QED) is 0.428. The largest absolute Gasteiger partial charge is 0.496 e. The molecule has 1 aromatic heterocycles. The van der Waals surface area contributed by atoms with Crippen LogP contribution in [0.3, 0.4) is 0 Å². The highest BCUT2D eigenvalue weighted by molar-refractivity contribution is 5.96. The van der Waals surface area contributed by atoms with Crippen LogP contribution in [0, 0.1) is 5.92 Å². The minimum absolute atomic E-state index is 0.115. The first-order chi connectivity index (χ1) is 16.5. The van der Waals surface area contributed by atoms with Crippen molar-refractivity contribution in [3.8, 4) is 17.0 Å². The van der Waals surface area contributed by atoms with Crippen molar-refractivity contribution in [1.82, 2.24) is 15.3 Å². The summed E-state index contributed by atoms with van der Waals surface area (Å²) in [5, 5.41) is 6.00. The van der Waals surface area contributed by atoms with E-state index in [0.29, 0.717) is 36.0 Å². The number of hydrogen-bond acceptors (Lipinski definition) is 6. The summed E-state index contributed by atoms with van der Waals surface area (Å²) in [5.74, 6) is 2.15. The van der Waals surface area contributed by atoms with E-state index >= 15 is 0 Å². The zero-order valence-corrected chi connectivity index (χ0v) is 19.8. The first kappa shape index (κ1) is 23.4. The van der Waals surface area contributed by atoms with Crippen LogP contribution in [0.25, 0.3) is 11.3 Å². The molecule has 2 aromatic carbocycles. The van der Waals surface area contributed by atoms with Gasteiger partial charge in [-0.1, -0.05) is 37.3 Å². The molecule has 0 radical (unpaired) electrons. The maximum absolute atomic E-state index is 12.3. The van der Waals surface area contributed by atoms with Crippen LogP contribution in [0.15, 0.2) is 54.9 Å². The third kappa shape index (κ3) is 5.60. The highest BCUT2D eigenvalue weighted by atomic mass is 16.5. The van der Waals surface area contributed by atoms with Gasteiger partial charge >= 0.3 is 0 Å². The molecule has 4 rings (SSSR count). The van der Waals surface area contributed by atoms with E-state index in [9.17, 15) is 9.59 Å². The number of aromatic nitrogens is 2. The summed E-state index contributed by atoms with van der Waals surface area (Å²) in [6.07, 6.45) is 4.53. The van der Waals surface area contributed by atoms with Gasteiger partial charge in [0.15, 0.2) is 5.78 Å². The smallest absolute Gasteiger partial charge is 0.251 e. The molecule has 1 amide bonds. The van der Waals surface area contributed by atoms with Crippen molar-refractivity contribution in [1.29, 1.82) is 0 Å². The molecule has 3 aromatic rings. The van der Waals surface area contributed by atoms with Gasteiger partial charge in [0.2, 0.25) is 0 Å². The Morgan fingerprint density at radius 3 is 2.47 bits per heavy atom. The number of nitrogens with one attached hydrogen (secondary N) is 2. The number of rotatable bonds is 10. The summed E-state index contributed by atoms with van der Waals surface area (Å²) in [5.41, 5.74) is 4.05. The van der Waals surface area contributed by atoms with Gasteiger partial charge in [-0.3, -0.25) is 9.59 Å². The second-order valence-electron chi connectivity index (χ2n) is 8.75. The molecule has 1 saturated carbocycles. The van der Waals surface area contributed by atoms with E-state index in [1.165, 1.54) is 19.2 Å². The predicted molar refractivity (Wildman–Crippen MR) is 132 cm³/mol. The second-order valence-corrected chi connectivity index (χ2v) is 8.75. The predicted octanol–water partition coefficient (Wildman–Crippen LogP) is 4.71. The number of amides is 1. The topological polar surface area (TPSA) is 93.2 Å². The van der Waals surface area contributed by atoms with Gasteiger partial charge in [0, 0.05) is 48.7 Å². The highest BCUT2D eigenvalue weighted by Gasteiger charge is 2.24. The molecule has 1 atom stereocenters. The minimum atomic E-state index is -0.149. The Kier molecular flexibility index (Phi) is 7.21. The fourth-order valence-corrected chi connectivity index (χ4v) is 3.91. The lowest BCUT2D eigenvalue weighted by atomic mass is 9.98. The molecule has 0 saturated heterocycles. The lowest BCUT2D eigenvalue weighted by Crippen LogP contribution is -2.18. The van der Waals surface area contributed by atoms with Gasteiger partial charge in [-0.15, -0.1) is 0 Å². The number of ether oxygens (including phenoxy) is 1. The van der Waals surface area contributed by atoms with Gasteiger partial charge in [-0.25, -0.2) is 9.97 Å². The molecule has 7 nitrogen and oxygen atoms in total. The van der Waals surface area contributed by atoms with Gasteiger partial charge in [-0.2, -0.15) is 0 Å². The van der Waals surface area contributed by atoms with Crippen LogP contribution in [0.2, 0.25) is 0 Å². The average Bonchev–Trinajstić information content (AvgIpc) is 3.70. The van der Waals surface area contributed by atoms with Gasteiger partial charge in [0.25, 0.3) is 5.91 Å². The van der Waals surface area contributed by atoms with Gasteiger partial charge < -0.3 is 15.4 Å². The van der Waals surface area contributed by atoms with Crippen LogP contribution in [0.5, 0.6) is 5.75 Å². The Morgan fingerprint density at radius 1 is 1.06 bits per heavy atom. The van der Waals surface area contributed by atoms with Crippen LogP contribution < -0.4 is 15.4 Å². The van der Waals surface area contributed by atoms with Gasteiger partial charge in [0.05, 0.1) is 12.8 Å². The SMILES string of the molecule is CNC(=O)c1ccc([C@H](C)CNc2cc(-c3ccc(C(=O)CC4CC4)cc3)ncn2)c(OC)c1. The number of carbonyl (C=O) groups excluding carboxylic acids is 2. The molecular weight excluding hydrogens is 428 g/mol. The van der Waals surface area contributed by atoms with Crippen LogP contribution in [0.1, 0.15) is 58.4 Å². The van der Waals surface area contributed by atoms with Crippen molar-refractivity contribution in [2.45, 2.75) is 32.1 Å². The van der Waals surface area contributed by atoms with E-state index in [4.69, 9.17) is 4.74 Å². The van der Waals surface area contributed by atoms with E-state index in [1.807, 2.05) is 36.4 Å². The Morgan fingerprint density at radius 2 is 1.79 bits per heavy atom. The molecule has 0 unspecified atom stereocenters. The van der Waals surface area contributed by atoms with Crippen molar-refractivity contribution >= 4 is 17.5 Å². The number of methoxy groups -OCH3 is 1. The van der Waals surface area contributed by atoms with Crippen LogP contribution in [0.4, 0.5) is 5.82 Å². The maximum Gasteiger partial charge on any atom is 0.251 e. The third-order valence-corrected chi connectivity index (χ3v) is 6.18. The van der Waals surface area contributed by atoms with Crippen molar-refractivity contribution in [3.05, 3.63) is 71.5 Å². The number of nitrogens with zero attached hydrogens (tertiary/aromatic N) is 2. The van der Waals surface area contributed by atoms with Crippen LogP contribution in [-0.2, 0) is 0 Å². The Labute approximate surface area is 200 Å². The van der Waals surface area contributed by atoms with E-state index in [0.717, 1.165) is 22.4 Å². The van der Waals surface area contributed by atoms with Crippen LogP contribution in [-0.4, -0.2) is 42.4 Å². The summed E-state index contributed by atoms with van der Waals surface area (Å²) in [7, 11) is 3.21. The number of ketones is 1. The zero-order valence-electron chi connectivity index (χ0n) is 19.8. The van der Waals surface area contributed by atoms with Gasteiger partial charge in [-0.05, 0) is 36.5 Å². The molecule has 34 heavy (non-hydrogen) atoms. The molecule has 0 bridgehead atoms. The molecule has 1 fully saturated rings. The van der Waals surface area contributed by atoms with Crippen molar-refractivity contribution < 1.29 is 14.3 Å². The van der Waals surface area contributed by atoms with E-state index in [1.54, 1.807) is 26.3 Å². The molecule has 0 spiro atoms. The van der Waals surface area contributed by atoms with Crippen LogP contribution >= 0.6 is 0 Å². The molecule has 1 aliphatic rings. The van der Waals surface area contributed by atoms with Crippen molar-refractivity contribution in [2.24, 2.45) is 5.92 Å². The number of carbonyl (C=O) groups is 2. The number of hydrogen-bond donors (Lipinski definition) is 2. The third-order valence-electron chi connectivity index (χ3n) is 6.18. The van der Waals surface area contributed by atoms with Crippen molar-refractivity contribution in [3.63, 3.8) is 0 Å². The minimum Gasteiger partial charge on any atom is -0.496 e. The van der Waals surface area contributed by atoms with E-state index in [2.05, 4.69) is 27.5 Å². The molecule has 176 valence electrons. The number of Topliss-reactive ketones (excluding diaryl/α,β-unsaturated/α-hetero) is 1. The molecule has 1 aliphatic carbocycles. The molecular formula is C27H30N4O3. The Balaban J connectivity index is 1.41. The molecule has 1 heterocycles. The fraction of sp³-hybridized carbons (Fsp3) is 0.333. The Hall–Kier alpha value is -3.74. The standard InChI is InChI=1S/C27H30N4O3/c1-17(22-11-10-21(27(33)28-2)13-25(22)34-3)15-29-26-14-23(30-16-31-26)19-6-8-20(9-7-19)24(32)12-18-4-5-18/h6-11,13-14,16-18H,4-5,12,15H2,1-3H3,(H,28,33)(H,29,30,31)/t17-/m1/s1. The summed E-state index contributed by atoms with van der Waals surface area (Å²) < 4.78 is 5.52. The molecule has 0 aliphatic heterocycles. The molecule has 2 N–H and O–H groups in total. The monoisotopic (exact) mass is 458 g/mol.